The van der Waals surface area contributed by atoms with Gasteiger partial charge in [-0.25, -0.2) is 0 Å². The second kappa shape index (κ2) is 7.46. The largest absolute Gasteiger partial charge is 0.293 e. The predicted octanol–water partition coefficient (Wildman–Crippen LogP) is 2.91. The number of ketones is 1. The summed E-state index contributed by atoms with van der Waals surface area (Å²) >= 11 is 3.06. The predicted molar refractivity (Wildman–Crippen MR) is 71.9 cm³/mol. The molecule has 0 aliphatic carbocycles. The van der Waals surface area contributed by atoms with Crippen LogP contribution in [0, 0.1) is 0 Å². The Kier molecular flexibility index (Phi) is 6.25. The molecule has 0 bridgehead atoms. The molecule has 0 unspecified atom stereocenters. The van der Waals surface area contributed by atoms with Crippen LogP contribution in [0.1, 0.15) is 51.9 Å². The average molecular weight is 316 g/mol. The molecule has 2 amide bonds. The van der Waals surface area contributed by atoms with Gasteiger partial charge in [-0.1, -0.05) is 32.6 Å². The van der Waals surface area contributed by atoms with Gasteiger partial charge in [0.05, 0.1) is 10.9 Å². The molecule has 1 aliphatic rings. The molecular weight excluding hydrogens is 298 g/mol. The quantitative estimate of drug-likeness (QED) is 0.559. The maximum Gasteiger partial charge on any atom is 0.241 e. The van der Waals surface area contributed by atoms with Gasteiger partial charge >= 0.3 is 0 Å². The first kappa shape index (κ1) is 15.1. The van der Waals surface area contributed by atoms with E-state index in [0.717, 1.165) is 30.6 Å². The van der Waals surface area contributed by atoms with Crippen LogP contribution in [0.5, 0.6) is 0 Å². The topological polar surface area (TPSA) is 54.5 Å². The molecule has 0 aromatic heterocycles. The van der Waals surface area contributed by atoms with Crippen molar-refractivity contribution in [2.24, 2.45) is 0 Å². The Hall–Kier alpha value is -0.970. The van der Waals surface area contributed by atoms with Crippen LogP contribution in [-0.4, -0.2) is 22.5 Å². The number of carbonyl (C=O) groups excluding carboxylic acids is 3. The van der Waals surface area contributed by atoms with Crippen LogP contribution in [0.15, 0.2) is 10.7 Å². The van der Waals surface area contributed by atoms with E-state index in [-0.39, 0.29) is 18.1 Å². The highest BCUT2D eigenvalue weighted by molar-refractivity contribution is 9.12. The van der Waals surface area contributed by atoms with Crippen molar-refractivity contribution in [1.82, 2.24) is 4.90 Å². The number of nitrogens with zero attached hydrogens (tertiary/aromatic N) is 1. The lowest BCUT2D eigenvalue weighted by atomic mass is 10.1. The third-order valence-electron chi connectivity index (χ3n) is 2.85. The Morgan fingerprint density at radius 3 is 2.61 bits per heavy atom. The summed E-state index contributed by atoms with van der Waals surface area (Å²) in [6.07, 6.45) is 6.69. The Balaban J connectivity index is 2.42. The third-order valence-corrected chi connectivity index (χ3v) is 3.50. The fourth-order valence-corrected chi connectivity index (χ4v) is 2.12. The number of hydrogen-bond donors (Lipinski definition) is 0. The number of Topliss-reactive ketones (excluding diaryl/α,β-unsaturated/α-hetero) is 1. The lowest BCUT2D eigenvalue weighted by Gasteiger charge is -2.20. The summed E-state index contributed by atoms with van der Waals surface area (Å²) in [6, 6.07) is 0. The number of hydrogen-bond acceptors (Lipinski definition) is 3. The van der Waals surface area contributed by atoms with Crippen LogP contribution in [0.2, 0.25) is 0 Å². The van der Waals surface area contributed by atoms with E-state index in [9.17, 15) is 14.4 Å². The highest BCUT2D eigenvalue weighted by atomic mass is 79.9. The molecule has 18 heavy (non-hydrogen) atoms. The van der Waals surface area contributed by atoms with Crippen molar-refractivity contribution in [2.75, 3.05) is 0 Å². The monoisotopic (exact) mass is 315 g/mol. The van der Waals surface area contributed by atoms with Crippen molar-refractivity contribution in [3.8, 4) is 0 Å². The van der Waals surface area contributed by atoms with E-state index < -0.39 is 5.91 Å². The first-order valence-corrected chi connectivity index (χ1v) is 7.11. The van der Waals surface area contributed by atoms with Gasteiger partial charge in [-0.2, -0.15) is 0 Å². The summed E-state index contributed by atoms with van der Waals surface area (Å²) in [7, 11) is 0. The first-order valence-electron chi connectivity index (χ1n) is 6.31. The smallest absolute Gasteiger partial charge is 0.241 e. The summed E-state index contributed by atoms with van der Waals surface area (Å²) in [4.78, 5) is 35.7. The van der Waals surface area contributed by atoms with Gasteiger partial charge < -0.3 is 0 Å². The zero-order valence-corrected chi connectivity index (χ0v) is 12.2. The van der Waals surface area contributed by atoms with E-state index in [1.54, 1.807) is 0 Å². The second-order valence-corrected chi connectivity index (χ2v) is 5.25. The zero-order valence-electron chi connectivity index (χ0n) is 10.6. The molecule has 0 atom stereocenters. The van der Waals surface area contributed by atoms with Crippen molar-refractivity contribution < 1.29 is 14.4 Å². The third kappa shape index (κ3) is 4.37. The number of amides is 2. The van der Waals surface area contributed by atoms with Gasteiger partial charge in [0.1, 0.15) is 0 Å². The number of imide groups is 1. The maximum absolute atomic E-state index is 11.8. The van der Waals surface area contributed by atoms with Crippen LogP contribution >= 0.6 is 15.9 Å². The number of halogens is 1. The van der Waals surface area contributed by atoms with Crippen molar-refractivity contribution in [2.45, 2.75) is 51.9 Å². The van der Waals surface area contributed by atoms with Gasteiger partial charge in [-0.3, -0.25) is 19.3 Å². The fourth-order valence-electron chi connectivity index (χ4n) is 1.78. The fraction of sp³-hybridized carbons (Fsp3) is 0.615. The Bertz CT molecular complexity index is 376. The van der Waals surface area contributed by atoms with E-state index in [1.807, 2.05) is 0 Å². The van der Waals surface area contributed by atoms with E-state index in [4.69, 9.17) is 0 Å². The van der Waals surface area contributed by atoms with Crippen LogP contribution in [-0.2, 0) is 14.4 Å². The summed E-state index contributed by atoms with van der Waals surface area (Å²) in [5, 5.41) is 0. The number of allylic oxidation sites excluding steroid dienone is 1. The summed E-state index contributed by atoms with van der Waals surface area (Å²) in [6.45, 7) is 2.14. The number of rotatable bonds is 6. The molecule has 100 valence electrons. The molecule has 1 rings (SSSR count). The molecule has 5 heteroatoms. The van der Waals surface area contributed by atoms with Crippen LogP contribution in [0.3, 0.4) is 0 Å². The molecule has 1 aliphatic heterocycles. The molecule has 0 saturated carbocycles. The van der Waals surface area contributed by atoms with Crippen molar-refractivity contribution in [1.29, 1.82) is 0 Å². The molecule has 0 N–H and O–H groups in total. The van der Waals surface area contributed by atoms with Gasteiger partial charge in [-0.05, 0) is 22.4 Å². The first-order chi connectivity index (χ1) is 8.56. The van der Waals surface area contributed by atoms with Gasteiger partial charge in [0, 0.05) is 12.6 Å². The molecule has 0 saturated heterocycles. The molecule has 0 spiro atoms. The van der Waals surface area contributed by atoms with Crippen molar-refractivity contribution in [3.05, 3.63) is 10.7 Å². The van der Waals surface area contributed by atoms with E-state index in [2.05, 4.69) is 22.9 Å². The number of carbonyl (C=O) groups is 3. The van der Waals surface area contributed by atoms with Gasteiger partial charge in [0.15, 0.2) is 5.78 Å². The average Bonchev–Trinajstić information content (AvgIpc) is 2.33. The molecule has 1 heterocycles. The van der Waals surface area contributed by atoms with E-state index in [0.29, 0.717) is 10.9 Å². The van der Waals surface area contributed by atoms with Crippen LogP contribution in [0.4, 0.5) is 0 Å². The minimum atomic E-state index is -0.429. The van der Waals surface area contributed by atoms with Crippen LogP contribution in [0.25, 0.3) is 0 Å². The SMILES string of the molecule is CCCCCCCC(=O)N1C=C(Br)C(=O)CC1=O. The Morgan fingerprint density at radius 2 is 1.94 bits per heavy atom. The van der Waals surface area contributed by atoms with Crippen molar-refractivity contribution in [3.63, 3.8) is 0 Å². The van der Waals surface area contributed by atoms with Gasteiger partial charge in [0.25, 0.3) is 0 Å². The molecule has 0 aromatic carbocycles. The van der Waals surface area contributed by atoms with Crippen molar-refractivity contribution >= 4 is 33.5 Å². The Labute approximate surface area is 116 Å². The van der Waals surface area contributed by atoms with Crippen LogP contribution < -0.4 is 0 Å². The molecule has 0 radical (unpaired) electrons. The summed E-state index contributed by atoms with van der Waals surface area (Å²) in [5.41, 5.74) is 0. The molecule has 0 fully saturated rings. The highest BCUT2D eigenvalue weighted by Gasteiger charge is 2.27. The molecular formula is C13H18BrNO3. The number of unbranched alkanes of at least 4 members (excludes halogenated alkanes) is 4. The van der Waals surface area contributed by atoms with Gasteiger partial charge in [-0.15, -0.1) is 0 Å². The lowest BCUT2D eigenvalue weighted by Crippen LogP contribution is -2.37. The minimum absolute atomic E-state index is 0.221. The maximum atomic E-state index is 11.8. The standard InChI is InChI=1S/C13H18BrNO3/c1-2-3-4-5-6-7-12(17)15-9-10(14)11(16)8-13(15)18/h9H,2-8H2,1H3. The summed E-state index contributed by atoms with van der Waals surface area (Å²) in [5.74, 6) is -0.922. The second-order valence-electron chi connectivity index (χ2n) is 4.40. The minimum Gasteiger partial charge on any atom is -0.293 e. The zero-order chi connectivity index (χ0) is 13.5. The van der Waals surface area contributed by atoms with E-state index >= 15 is 0 Å². The summed E-state index contributed by atoms with van der Waals surface area (Å²) < 4.78 is 0.293. The lowest BCUT2D eigenvalue weighted by molar-refractivity contribution is -0.143. The normalized spacial score (nSPS) is 15.9. The highest BCUT2D eigenvalue weighted by Crippen LogP contribution is 2.19. The Morgan fingerprint density at radius 1 is 1.28 bits per heavy atom. The van der Waals surface area contributed by atoms with Gasteiger partial charge in [0.2, 0.25) is 11.8 Å². The molecule has 0 aromatic rings. The van der Waals surface area contributed by atoms with E-state index in [1.165, 1.54) is 12.6 Å². The molecule has 4 nitrogen and oxygen atoms in total.